The first-order chi connectivity index (χ1) is 8.09. The van der Waals surface area contributed by atoms with Crippen LogP contribution in [-0.4, -0.2) is 9.55 Å². The summed E-state index contributed by atoms with van der Waals surface area (Å²) in [6, 6.07) is 7.69. The van der Waals surface area contributed by atoms with Gasteiger partial charge in [0.1, 0.15) is 6.33 Å². The highest BCUT2D eigenvalue weighted by Crippen LogP contribution is 2.14. The predicted molar refractivity (Wildman–Crippen MR) is 72.5 cm³/mol. The topological polar surface area (TPSA) is 34.9 Å². The monoisotopic (exact) mass is 290 g/mol. The fourth-order valence-electron chi connectivity index (χ4n) is 1.49. The first-order valence-electron chi connectivity index (χ1n) is 5.08. The minimum absolute atomic E-state index is 0.134. The summed E-state index contributed by atoms with van der Waals surface area (Å²) in [5.41, 5.74) is 2.28. The van der Waals surface area contributed by atoms with Gasteiger partial charge in [0.25, 0.3) is 5.56 Å². The molecule has 4 heteroatoms. The van der Waals surface area contributed by atoms with Gasteiger partial charge in [-0.2, -0.15) is 0 Å². The molecule has 1 aromatic carbocycles. The summed E-state index contributed by atoms with van der Waals surface area (Å²) in [5.74, 6) is 0. The van der Waals surface area contributed by atoms with Crippen LogP contribution >= 0.6 is 15.9 Å². The third kappa shape index (κ3) is 2.36. The molecule has 3 nitrogen and oxygen atoms in total. The molecule has 2 rings (SSSR count). The molecule has 0 amide bonds. The lowest BCUT2D eigenvalue weighted by atomic mass is 10.2. The second kappa shape index (κ2) is 4.67. The molecule has 0 N–H and O–H groups in total. The van der Waals surface area contributed by atoms with Gasteiger partial charge in [-0.25, -0.2) is 4.98 Å². The Balaban J connectivity index is 2.61. The van der Waals surface area contributed by atoms with Crippen molar-refractivity contribution < 1.29 is 0 Å². The Labute approximate surface area is 108 Å². The van der Waals surface area contributed by atoms with E-state index in [0.29, 0.717) is 10.0 Å². The van der Waals surface area contributed by atoms with Gasteiger partial charge in [0.05, 0.1) is 11.3 Å². The van der Waals surface area contributed by atoms with Crippen molar-refractivity contribution in [2.24, 2.45) is 0 Å². The Morgan fingerprint density at radius 3 is 2.59 bits per heavy atom. The van der Waals surface area contributed by atoms with Crippen LogP contribution in [0.15, 0.2) is 48.2 Å². The zero-order chi connectivity index (χ0) is 12.4. The Morgan fingerprint density at radius 1 is 1.35 bits per heavy atom. The molecule has 0 aliphatic carbocycles. The van der Waals surface area contributed by atoms with Gasteiger partial charge in [-0.15, -0.1) is 0 Å². The molecular weight excluding hydrogens is 280 g/mol. The number of benzene rings is 1. The van der Waals surface area contributed by atoms with Crippen LogP contribution in [0.4, 0.5) is 0 Å². The highest BCUT2D eigenvalue weighted by atomic mass is 79.9. The molecule has 2 aromatic rings. The van der Waals surface area contributed by atoms with Crippen LogP contribution in [0.5, 0.6) is 0 Å². The summed E-state index contributed by atoms with van der Waals surface area (Å²) in [6.45, 7) is 5.70. The maximum absolute atomic E-state index is 12.1. The maximum atomic E-state index is 12.1. The zero-order valence-electron chi connectivity index (χ0n) is 9.35. The Morgan fingerprint density at radius 2 is 2.00 bits per heavy atom. The van der Waals surface area contributed by atoms with E-state index in [1.807, 2.05) is 31.2 Å². The van der Waals surface area contributed by atoms with Crippen LogP contribution in [-0.2, 0) is 0 Å². The average Bonchev–Trinajstić information content (AvgIpc) is 2.30. The molecule has 0 aliphatic heterocycles. The van der Waals surface area contributed by atoms with E-state index in [0.717, 1.165) is 11.3 Å². The van der Waals surface area contributed by atoms with E-state index < -0.39 is 0 Å². The molecule has 1 aromatic heterocycles. The molecular formula is C13H11BrN2O. The second-order valence-electron chi connectivity index (χ2n) is 3.72. The molecule has 0 saturated carbocycles. The number of aromatic nitrogens is 2. The minimum Gasteiger partial charge on any atom is -0.268 e. The molecule has 17 heavy (non-hydrogen) atoms. The van der Waals surface area contributed by atoms with E-state index in [-0.39, 0.29) is 5.56 Å². The van der Waals surface area contributed by atoms with Crippen LogP contribution < -0.4 is 5.56 Å². The minimum atomic E-state index is -0.134. The number of nitrogens with zero attached hydrogens (tertiary/aromatic N) is 2. The lowest BCUT2D eigenvalue weighted by Gasteiger charge is -2.06. The zero-order valence-corrected chi connectivity index (χ0v) is 10.9. The normalized spacial score (nSPS) is 10.2. The highest BCUT2D eigenvalue weighted by molar-refractivity contribution is 9.15. The standard InChI is InChI=1S/C13H11BrN2O/c1-9-3-5-11(6-4-9)16-8-15-7-12(10(2)14)13(16)17/h3-8H,2H2,1H3. The van der Waals surface area contributed by atoms with Crippen molar-refractivity contribution in [2.45, 2.75) is 6.92 Å². The maximum Gasteiger partial charge on any atom is 0.266 e. The smallest absolute Gasteiger partial charge is 0.266 e. The van der Waals surface area contributed by atoms with Crippen molar-refractivity contribution in [2.75, 3.05) is 0 Å². The third-order valence-corrected chi connectivity index (χ3v) is 2.87. The molecule has 0 spiro atoms. The number of rotatable bonds is 2. The van der Waals surface area contributed by atoms with Crippen LogP contribution in [0.3, 0.4) is 0 Å². The van der Waals surface area contributed by atoms with Crippen molar-refractivity contribution in [3.63, 3.8) is 0 Å². The van der Waals surface area contributed by atoms with E-state index in [9.17, 15) is 4.79 Å². The number of hydrogen-bond acceptors (Lipinski definition) is 2. The molecule has 0 unspecified atom stereocenters. The Kier molecular flexibility index (Phi) is 3.24. The molecule has 0 fully saturated rings. The fourth-order valence-corrected chi connectivity index (χ4v) is 1.76. The molecule has 0 bridgehead atoms. The number of aryl methyl sites for hydroxylation is 1. The highest BCUT2D eigenvalue weighted by Gasteiger charge is 2.06. The molecule has 0 saturated heterocycles. The van der Waals surface area contributed by atoms with Gasteiger partial charge in [-0.3, -0.25) is 9.36 Å². The van der Waals surface area contributed by atoms with Crippen molar-refractivity contribution in [3.05, 3.63) is 64.8 Å². The summed E-state index contributed by atoms with van der Waals surface area (Å²) in [6.07, 6.45) is 3.01. The van der Waals surface area contributed by atoms with E-state index in [2.05, 4.69) is 27.5 Å². The molecule has 1 heterocycles. The van der Waals surface area contributed by atoms with Gasteiger partial charge in [0.2, 0.25) is 0 Å². The number of halogens is 1. The summed E-state index contributed by atoms with van der Waals surface area (Å²) < 4.78 is 2.04. The summed E-state index contributed by atoms with van der Waals surface area (Å²) in [5, 5.41) is 0. The van der Waals surface area contributed by atoms with Crippen LogP contribution in [0.1, 0.15) is 11.1 Å². The van der Waals surface area contributed by atoms with Crippen LogP contribution in [0, 0.1) is 6.92 Å². The first-order valence-corrected chi connectivity index (χ1v) is 5.87. The van der Waals surface area contributed by atoms with Crippen molar-refractivity contribution in [1.29, 1.82) is 0 Å². The lowest BCUT2D eigenvalue weighted by molar-refractivity contribution is 0.929. The van der Waals surface area contributed by atoms with E-state index >= 15 is 0 Å². The SMILES string of the molecule is C=C(Br)c1cncn(-c2ccc(C)cc2)c1=O. The van der Waals surface area contributed by atoms with Crippen molar-refractivity contribution >= 4 is 20.4 Å². The Hall–Kier alpha value is -1.68. The van der Waals surface area contributed by atoms with Gasteiger partial charge >= 0.3 is 0 Å². The number of hydrogen-bond donors (Lipinski definition) is 0. The molecule has 86 valence electrons. The van der Waals surface area contributed by atoms with Gasteiger partial charge < -0.3 is 0 Å². The molecule has 0 aliphatic rings. The molecule has 0 atom stereocenters. The van der Waals surface area contributed by atoms with Crippen LogP contribution in [0.2, 0.25) is 0 Å². The van der Waals surface area contributed by atoms with Gasteiger partial charge in [0, 0.05) is 10.7 Å². The van der Waals surface area contributed by atoms with E-state index in [4.69, 9.17) is 0 Å². The van der Waals surface area contributed by atoms with E-state index in [1.54, 1.807) is 0 Å². The van der Waals surface area contributed by atoms with Crippen molar-refractivity contribution in [3.8, 4) is 5.69 Å². The third-order valence-electron chi connectivity index (χ3n) is 2.44. The van der Waals surface area contributed by atoms with Gasteiger partial charge in [-0.1, -0.05) is 40.2 Å². The summed E-state index contributed by atoms with van der Waals surface area (Å²) in [4.78, 5) is 16.2. The largest absolute Gasteiger partial charge is 0.268 e. The van der Waals surface area contributed by atoms with Gasteiger partial charge in [-0.05, 0) is 19.1 Å². The lowest BCUT2D eigenvalue weighted by Crippen LogP contribution is -2.21. The molecule has 0 radical (unpaired) electrons. The first kappa shape index (κ1) is 11.8. The summed E-state index contributed by atoms with van der Waals surface area (Å²) >= 11 is 3.20. The summed E-state index contributed by atoms with van der Waals surface area (Å²) in [7, 11) is 0. The van der Waals surface area contributed by atoms with Crippen molar-refractivity contribution in [1.82, 2.24) is 9.55 Å². The van der Waals surface area contributed by atoms with Gasteiger partial charge in [0.15, 0.2) is 0 Å². The Bertz CT molecular complexity index is 614. The fraction of sp³-hybridized carbons (Fsp3) is 0.0769. The average molecular weight is 291 g/mol. The van der Waals surface area contributed by atoms with Crippen LogP contribution in [0.25, 0.3) is 10.2 Å². The van der Waals surface area contributed by atoms with E-state index in [1.165, 1.54) is 17.1 Å². The quantitative estimate of drug-likeness (QED) is 0.852. The predicted octanol–water partition coefficient (Wildman–Crippen LogP) is 2.91. The second-order valence-corrected chi connectivity index (χ2v) is 4.68.